The van der Waals surface area contributed by atoms with E-state index in [-0.39, 0.29) is 0 Å². The van der Waals surface area contributed by atoms with Crippen LogP contribution in [0.3, 0.4) is 0 Å². The quantitative estimate of drug-likeness (QED) is 0.777. The van der Waals surface area contributed by atoms with Gasteiger partial charge in [-0.3, -0.25) is 0 Å². The van der Waals surface area contributed by atoms with Crippen LogP contribution in [-0.4, -0.2) is 35.0 Å². The zero-order valence-electron chi connectivity index (χ0n) is 10.7. The predicted molar refractivity (Wildman–Crippen MR) is 60.6 cm³/mol. The minimum Gasteiger partial charge on any atom is -0.478 e. The summed E-state index contributed by atoms with van der Waals surface area (Å²) < 4.78 is 41.5. The second-order valence-electron chi connectivity index (χ2n) is 4.77. The van der Waals surface area contributed by atoms with E-state index < -0.39 is 36.3 Å². The lowest BCUT2D eigenvalue weighted by molar-refractivity contribution is -0.138. The maximum atomic E-state index is 12.2. The summed E-state index contributed by atoms with van der Waals surface area (Å²) in [5.41, 5.74) is -0.858. The summed E-state index contributed by atoms with van der Waals surface area (Å²) in [5.74, 6) is -1.40. The third-order valence-corrected chi connectivity index (χ3v) is 1.62. The summed E-state index contributed by atoms with van der Waals surface area (Å²) in [6.07, 6.45) is -5.68. The number of hydrogen-bond acceptors (Lipinski definition) is 3. The van der Waals surface area contributed by atoms with Crippen molar-refractivity contribution in [2.45, 2.75) is 45.0 Å². The fourth-order valence-electron chi connectivity index (χ4n) is 1.07. The first-order valence-corrected chi connectivity index (χ1v) is 5.36. The number of rotatable bonds is 4. The van der Waals surface area contributed by atoms with Crippen LogP contribution in [0.1, 0.15) is 27.2 Å². The number of alkyl carbamates (subject to hydrolysis) is 1. The van der Waals surface area contributed by atoms with Gasteiger partial charge in [0.15, 0.2) is 0 Å². The Balaban J connectivity index is 4.67. The van der Waals surface area contributed by atoms with Crippen LogP contribution in [0.15, 0.2) is 12.2 Å². The number of carboxylic acids is 1. The van der Waals surface area contributed by atoms with Crippen molar-refractivity contribution >= 4 is 12.1 Å². The van der Waals surface area contributed by atoms with Gasteiger partial charge in [0, 0.05) is 6.08 Å². The van der Waals surface area contributed by atoms with Gasteiger partial charge in [-0.2, -0.15) is 13.2 Å². The Hall–Kier alpha value is -1.73. The van der Waals surface area contributed by atoms with Crippen molar-refractivity contribution in [3.8, 4) is 0 Å². The Bertz CT molecular complexity index is 358. The first-order valence-electron chi connectivity index (χ1n) is 5.36. The number of alkyl halides is 3. The van der Waals surface area contributed by atoms with Crippen LogP contribution < -0.4 is 5.32 Å². The van der Waals surface area contributed by atoms with Crippen molar-refractivity contribution in [2.75, 3.05) is 0 Å². The van der Waals surface area contributed by atoms with E-state index >= 15 is 0 Å². The van der Waals surface area contributed by atoms with Gasteiger partial charge >= 0.3 is 18.2 Å². The van der Waals surface area contributed by atoms with Crippen molar-refractivity contribution < 1.29 is 32.6 Å². The number of aliphatic carboxylic acids is 1. The van der Waals surface area contributed by atoms with E-state index in [0.717, 1.165) is 6.08 Å². The highest BCUT2D eigenvalue weighted by molar-refractivity contribution is 5.80. The molecule has 1 amide bonds. The summed E-state index contributed by atoms with van der Waals surface area (Å²) in [6.45, 7) is 4.66. The molecule has 0 saturated heterocycles. The third kappa shape index (κ3) is 11.1. The smallest absolute Gasteiger partial charge is 0.408 e. The van der Waals surface area contributed by atoms with E-state index in [1.807, 2.05) is 5.32 Å². The number of halogens is 3. The number of carbonyl (C=O) groups is 2. The highest BCUT2D eigenvalue weighted by Crippen LogP contribution is 2.22. The van der Waals surface area contributed by atoms with Crippen molar-refractivity contribution in [3.63, 3.8) is 0 Å². The average Bonchev–Trinajstić information content (AvgIpc) is 2.08. The zero-order valence-corrected chi connectivity index (χ0v) is 10.7. The van der Waals surface area contributed by atoms with E-state index in [1.54, 1.807) is 20.8 Å². The van der Waals surface area contributed by atoms with Crippen LogP contribution in [0.2, 0.25) is 0 Å². The highest BCUT2D eigenvalue weighted by Gasteiger charge is 2.32. The maximum absolute atomic E-state index is 12.2. The molecule has 0 radical (unpaired) electrons. The molecular weight excluding hydrogens is 267 g/mol. The largest absolute Gasteiger partial charge is 0.478 e. The molecule has 1 unspecified atom stereocenters. The molecule has 0 aromatic heterocycles. The molecule has 0 aliphatic heterocycles. The fraction of sp³-hybridized carbons (Fsp3) is 0.636. The summed E-state index contributed by atoms with van der Waals surface area (Å²) in [6, 6.07) is -1.49. The molecule has 19 heavy (non-hydrogen) atoms. The van der Waals surface area contributed by atoms with Gasteiger partial charge in [-0.15, -0.1) is 0 Å². The number of carboxylic acid groups (broad SMARTS) is 1. The second-order valence-corrected chi connectivity index (χ2v) is 4.77. The molecule has 0 aliphatic carbocycles. The topological polar surface area (TPSA) is 75.6 Å². The number of nitrogens with one attached hydrogen (secondary N) is 1. The molecule has 0 spiro atoms. The molecule has 0 aliphatic rings. The lowest BCUT2D eigenvalue weighted by atomic mass is 10.2. The van der Waals surface area contributed by atoms with Crippen molar-refractivity contribution in [3.05, 3.63) is 12.2 Å². The molecule has 110 valence electrons. The lowest BCUT2D eigenvalue weighted by Gasteiger charge is -2.22. The summed E-state index contributed by atoms with van der Waals surface area (Å²) in [7, 11) is 0. The Morgan fingerprint density at radius 1 is 1.32 bits per heavy atom. The first-order chi connectivity index (χ1) is 8.39. The van der Waals surface area contributed by atoms with E-state index in [4.69, 9.17) is 9.84 Å². The zero-order chi connectivity index (χ0) is 15.3. The SMILES string of the molecule is CC(C)(C)OC(=O)NC(/C=C/C(=O)O)CC(F)(F)F. The van der Waals surface area contributed by atoms with Gasteiger partial charge < -0.3 is 15.2 Å². The van der Waals surface area contributed by atoms with E-state index in [9.17, 15) is 22.8 Å². The van der Waals surface area contributed by atoms with Crippen molar-refractivity contribution in [1.82, 2.24) is 5.32 Å². The first kappa shape index (κ1) is 17.3. The second kappa shape index (κ2) is 6.44. The highest BCUT2D eigenvalue weighted by atomic mass is 19.4. The molecule has 0 heterocycles. The minimum absolute atomic E-state index is 0.535. The number of hydrogen-bond donors (Lipinski definition) is 2. The van der Waals surface area contributed by atoms with Crippen LogP contribution in [-0.2, 0) is 9.53 Å². The van der Waals surface area contributed by atoms with E-state index in [0.29, 0.717) is 6.08 Å². The fourth-order valence-corrected chi connectivity index (χ4v) is 1.07. The standard InChI is InChI=1S/C11H16F3NO4/c1-10(2,3)19-9(18)15-7(4-5-8(16)17)6-11(12,13)14/h4-5,7H,6H2,1-3H3,(H,15,18)(H,16,17)/b5-4+. The van der Waals surface area contributed by atoms with Crippen LogP contribution >= 0.6 is 0 Å². The van der Waals surface area contributed by atoms with Crippen LogP contribution in [0.5, 0.6) is 0 Å². The molecule has 0 fully saturated rings. The molecule has 0 saturated carbocycles. The maximum Gasteiger partial charge on any atom is 0.408 e. The lowest BCUT2D eigenvalue weighted by Crippen LogP contribution is -2.40. The van der Waals surface area contributed by atoms with E-state index in [2.05, 4.69) is 0 Å². The summed E-state index contributed by atoms with van der Waals surface area (Å²) >= 11 is 0. The van der Waals surface area contributed by atoms with Gasteiger partial charge in [0.1, 0.15) is 5.60 Å². The molecule has 0 bridgehead atoms. The Morgan fingerprint density at radius 2 is 1.84 bits per heavy atom. The molecule has 0 aromatic carbocycles. The third-order valence-electron chi connectivity index (χ3n) is 1.62. The molecule has 5 nitrogen and oxygen atoms in total. The monoisotopic (exact) mass is 283 g/mol. The predicted octanol–water partition coefficient (Wildman–Crippen LogP) is 2.47. The van der Waals surface area contributed by atoms with Gasteiger partial charge in [0.05, 0.1) is 12.5 Å². The van der Waals surface area contributed by atoms with Gasteiger partial charge in [0.2, 0.25) is 0 Å². The van der Waals surface area contributed by atoms with Gasteiger partial charge in [-0.25, -0.2) is 9.59 Å². The van der Waals surface area contributed by atoms with Gasteiger partial charge in [-0.1, -0.05) is 6.08 Å². The summed E-state index contributed by atoms with van der Waals surface area (Å²) in [5, 5.41) is 10.3. The van der Waals surface area contributed by atoms with Crippen LogP contribution in [0, 0.1) is 0 Å². The molecule has 1 atom stereocenters. The normalized spacial score (nSPS) is 14.2. The number of amides is 1. The summed E-state index contributed by atoms with van der Waals surface area (Å²) in [4.78, 5) is 21.6. The molecule has 0 aromatic rings. The van der Waals surface area contributed by atoms with Gasteiger partial charge in [-0.05, 0) is 20.8 Å². The average molecular weight is 283 g/mol. The Labute approximate surface area is 108 Å². The van der Waals surface area contributed by atoms with Gasteiger partial charge in [0.25, 0.3) is 0 Å². The Morgan fingerprint density at radius 3 is 2.21 bits per heavy atom. The minimum atomic E-state index is -4.54. The van der Waals surface area contributed by atoms with Crippen molar-refractivity contribution in [1.29, 1.82) is 0 Å². The van der Waals surface area contributed by atoms with Crippen molar-refractivity contribution in [2.24, 2.45) is 0 Å². The molecular formula is C11H16F3NO4. The van der Waals surface area contributed by atoms with Crippen LogP contribution in [0.25, 0.3) is 0 Å². The molecule has 2 N–H and O–H groups in total. The van der Waals surface area contributed by atoms with Crippen LogP contribution in [0.4, 0.5) is 18.0 Å². The number of ether oxygens (including phenoxy) is 1. The Kier molecular flexibility index (Phi) is 5.85. The molecule has 0 rings (SSSR count). The molecule has 8 heteroatoms. The van der Waals surface area contributed by atoms with E-state index in [1.165, 1.54) is 0 Å². The number of carbonyl (C=O) groups excluding carboxylic acids is 1.